The summed E-state index contributed by atoms with van der Waals surface area (Å²) in [4.78, 5) is 4.50. The Morgan fingerprint density at radius 1 is 1.35 bits per heavy atom. The van der Waals surface area contributed by atoms with E-state index in [9.17, 15) is 0 Å². The Hall–Kier alpha value is -1.39. The van der Waals surface area contributed by atoms with Crippen molar-refractivity contribution in [2.24, 2.45) is 5.73 Å². The molecule has 4 heteroatoms. The summed E-state index contributed by atoms with van der Waals surface area (Å²) in [5.41, 5.74) is 10.5. The Labute approximate surface area is 128 Å². The van der Waals surface area contributed by atoms with Crippen molar-refractivity contribution in [2.75, 3.05) is 7.11 Å². The molecule has 0 bridgehead atoms. The first kappa shape index (κ1) is 15.0. The van der Waals surface area contributed by atoms with Gasteiger partial charge in [-0.2, -0.15) is 0 Å². The van der Waals surface area contributed by atoms with Gasteiger partial charge in [0.1, 0.15) is 5.75 Å². The van der Waals surface area contributed by atoms with Crippen molar-refractivity contribution >= 4 is 15.9 Å². The van der Waals surface area contributed by atoms with Gasteiger partial charge in [-0.25, -0.2) is 0 Å². The summed E-state index contributed by atoms with van der Waals surface area (Å²) in [7, 11) is 1.69. The van der Waals surface area contributed by atoms with E-state index in [1.165, 1.54) is 0 Å². The number of rotatable bonds is 4. The quantitative estimate of drug-likeness (QED) is 0.927. The van der Waals surface area contributed by atoms with Crippen molar-refractivity contribution in [1.29, 1.82) is 0 Å². The van der Waals surface area contributed by atoms with E-state index >= 15 is 0 Å². The van der Waals surface area contributed by atoms with Crippen molar-refractivity contribution in [3.8, 4) is 5.75 Å². The highest BCUT2D eigenvalue weighted by atomic mass is 79.9. The monoisotopic (exact) mass is 334 g/mol. The van der Waals surface area contributed by atoms with Gasteiger partial charge >= 0.3 is 0 Å². The molecule has 2 aromatic rings. The molecule has 2 rings (SSSR count). The van der Waals surface area contributed by atoms with Gasteiger partial charge in [0, 0.05) is 40.0 Å². The zero-order valence-electron chi connectivity index (χ0n) is 12.0. The summed E-state index contributed by atoms with van der Waals surface area (Å²) >= 11 is 3.47. The van der Waals surface area contributed by atoms with Gasteiger partial charge in [0.2, 0.25) is 0 Å². The van der Waals surface area contributed by atoms with E-state index in [-0.39, 0.29) is 6.04 Å². The second-order valence-electron chi connectivity index (χ2n) is 4.91. The zero-order valence-corrected chi connectivity index (χ0v) is 13.6. The molecule has 2 N–H and O–H groups in total. The number of benzene rings is 1. The molecular weight excluding hydrogens is 316 g/mol. The molecule has 0 radical (unpaired) electrons. The van der Waals surface area contributed by atoms with Crippen molar-refractivity contribution < 1.29 is 4.74 Å². The predicted molar refractivity (Wildman–Crippen MR) is 85.0 cm³/mol. The molecule has 0 aliphatic rings. The number of ether oxygens (including phenoxy) is 1. The molecule has 0 saturated heterocycles. The van der Waals surface area contributed by atoms with Crippen LogP contribution in [0.4, 0.5) is 0 Å². The zero-order chi connectivity index (χ0) is 14.7. The van der Waals surface area contributed by atoms with Crippen LogP contribution in [0.15, 0.2) is 34.9 Å². The maximum Gasteiger partial charge on any atom is 0.128 e. The lowest BCUT2D eigenvalue weighted by Gasteiger charge is -2.16. The van der Waals surface area contributed by atoms with Crippen molar-refractivity contribution in [3.63, 3.8) is 0 Å². The summed E-state index contributed by atoms with van der Waals surface area (Å²) in [5.74, 6) is 0.899. The number of nitrogens with zero attached hydrogens (tertiary/aromatic N) is 1. The molecule has 0 aliphatic carbocycles. The number of nitrogens with two attached hydrogens (primary N) is 1. The summed E-state index contributed by atoms with van der Waals surface area (Å²) < 4.78 is 6.47. The third-order valence-corrected chi connectivity index (χ3v) is 3.93. The Kier molecular flexibility index (Phi) is 4.78. The van der Waals surface area contributed by atoms with Gasteiger partial charge in [-0.05, 0) is 31.5 Å². The molecule has 0 fully saturated rings. The van der Waals surface area contributed by atoms with E-state index in [0.717, 1.165) is 32.6 Å². The van der Waals surface area contributed by atoms with Crippen LogP contribution < -0.4 is 10.5 Å². The Morgan fingerprint density at radius 2 is 2.10 bits per heavy atom. The SMILES string of the molecule is COc1c(C)cnc(CC(N)c2cccc(Br)c2)c1C. The molecule has 1 heterocycles. The van der Waals surface area contributed by atoms with E-state index in [2.05, 4.69) is 20.9 Å². The smallest absolute Gasteiger partial charge is 0.128 e. The highest BCUT2D eigenvalue weighted by Crippen LogP contribution is 2.27. The van der Waals surface area contributed by atoms with Gasteiger partial charge < -0.3 is 10.5 Å². The molecule has 0 spiro atoms. The Morgan fingerprint density at radius 3 is 2.75 bits per heavy atom. The predicted octanol–water partition coefficient (Wildman–Crippen LogP) is 3.71. The van der Waals surface area contributed by atoms with Gasteiger partial charge in [-0.3, -0.25) is 4.98 Å². The van der Waals surface area contributed by atoms with Crippen LogP contribution >= 0.6 is 15.9 Å². The van der Waals surface area contributed by atoms with Crippen LogP contribution in [-0.4, -0.2) is 12.1 Å². The largest absolute Gasteiger partial charge is 0.496 e. The number of pyridine rings is 1. The lowest BCUT2D eigenvalue weighted by Crippen LogP contribution is -2.15. The third kappa shape index (κ3) is 3.19. The fourth-order valence-electron chi connectivity index (χ4n) is 2.34. The molecule has 1 aromatic heterocycles. The van der Waals surface area contributed by atoms with Crippen LogP contribution in [-0.2, 0) is 6.42 Å². The van der Waals surface area contributed by atoms with Gasteiger partial charge in [-0.1, -0.05) is 28.1 Å². The highest BCUT2D eigenvalue weighted by molar-refractivity contribution is 9.10. The first-order valence-corrected chi connectivity index (χ1v) is 7.32. The Balaban J connectivity index is 2.26. The lowest BCUT2D eigenvalue weighted by atomic mass is 9.99. The van der Waals surface area contributed by atoms with E-state index in [1.54, 1.807) is 7.11 Å². The molecular formula is C16H19BrN2O. The second-order valence-corrected chi connectivity index (χ2v) is 5.83. The standard InChI is InChI=1S/C16H19BrN2O/c1-10-9-19-15(11(2)16(10)20-3)8-14(18)12-5-4-6-13(17)7-12/h4-7,9,14H,8,18H2,1-3H3. The average Bonchev–Trinajstić information content (AvgIpc) is 2.42. The van der Waals surface area contributed by atoms with Crippen molar-refractivity contribution in [1.82, 2.24) is 4.98 Å². The molecule has 0 amide bonds. The highest BCUT2D eigenvalue weighted by Gasteiger charge is 2.14. The van der Waals surface area contributed by atoms with Crippen LogP contribution in [0, 0.1) is 13.8 Å². The number of hydrogen-bond donors (Lipinski definition) is 1. The van der Waals surface area contributed by atoms with Crippen LogP contribution in [0.3, 0.4) is 0 Å². The average molecular weight is 335 g/mol. The van der Waals surface area contributed by atoms with Crippen LogP contribution in [0.25, 0.3) is 0 Å². The summed E-state index contributed by atoms with van der Waals surface area (Å²) in [6.45, 7) is 4.03. The molecule has 1 aromatic carbocycles. The number of aromatic nitrogens is 1. The molecule has 1 atom stereocenters. The fourth-order valence-corrected chi connectivity index (χ4v) is 2.76. The maximum absolute atomic E-state index is 6.29. The number of aryl methyl sites for hydroxylation is 1. The maximum atomic E-state index is 6.29. The topological polar surface area (TPSA) is 48.1 Å². The summed E-state index contributed by atoms with van der Waals surface area (Å²) in [5, 5.41) is 0. The first-order valence-electron chi connectivity index (χ1n) is 6.53. The summed E-state index contributed by atoms with van der Waals surface area (Å²) in [6, 6.07) is 8.00. The Bertz CT molecular complexity index is 613. The molecule has 106 valence electrons. The van der Waals surface area contributed by atoms with Crippen LogP contribution in [0.2, 0.25) is 0 Å². The normalized spacial score (nSPS) is 12.2. The fraction of sp³-hybridized carbons (Fsp3) is 0.312. The summed E-state index contributed by atoms with van der Waals surface area (Å²) in [6.07, 6.45) is 2.54. The number of halogens is 1. The minimum atomic E-state index is -0.0777. The van der Waals surface area contributed by atoms with Crippen LogP contribution in [0.1, 0.15) is 28.4 Å². The molecule has 1 unspecified atom stereocenters. The van der Waals surface area contributed by atoms with E-state index < -0.39 is 0 Å². The molecule has 0 saturated carbocycles. The van der Waals surface area contributed by atoms with Crippen molar-refractivity contribution in [2.45, 2.75) is 26.3 Å². The second kappa shape index (κ2) is 6.37. The minimum Gasteiger partial charge on any atom is -0.496 e. The van der Waals surface area contributed by atoms with Gasteiger partial charge in [0.25, 0.3) is 0 Å². The third-order valence-electron chi connectivity index (χ3n) is 3.44. The van der Waals surface area contributed by atoms with E-state index in [4.69, 9.17) is 10.5 Å². The molecule has 3 nitrogen and oxygen atoms in total. The van der Waals surface area contributed by atoms with Crippen molar-refractivity contribution in [3.05, 3.63) is 57.3 Å². The van der Waals surface area contributed by atoms with Gasteiger partial charge in [-0.15, -0.1) is 0 Å². The van der Waals surface area contributed by atoms with E-state index in [1.807, 2.05) is 44.3 Å². The lowest BCUT2D eigenvalue weighted by molar-refractivity contribution is 0.406. The molecule has 20 heavy (non-hydrogen) atoms. The molecule has 0 aliphatic heterocycles. The van der Waals surface area contributed by atoms with E-state index in [0.29, 0.717) is 6.42 Å². The van der Waals surface area contributed by atoms with Gasteiger partial charge in [0.15, 0.2) is 0 Å². The first-order chi connectivity index (χ1) is 9.52. The van der Waals surface area contributed by atoms with Gasteiger partial charge in [0.05, 0.1) is 7.11 Å². The van der Waals surface area contributed by atoms with Crippen LogP contribution in [0.5, 0.6) is 5.75 Å². The number of hydrogen-bond acceptors (Lipinski definition) is 3. The minimum absolute atomic E-state index is 0.0777. The number of methoxy groups -OCH3 is 1.